The Morgan fingerprint density at radius 2 is 1.47 bits per heavy atom. The highest BCUT2D eigenvalue weighted by atomic mass is 19.2. The lowest BCUT2D eigenvalue weighted by atomic mass is 10.3. The first kappa shape index (κ1) is 11.1. The summed E-state index contributed by atoms with van der Waals surface area (Å²) in [6.45, 7) is 0. The lowest BCUT2D eigenvalue weighted by Crippen LogP contribution is -2.27. The van der Waals surface area contributed by atoms with E-state index in [0.29, 0.717) is 5.69 Å². The van der Waals surface area contributed by atoms with Gasteiger partial charge in [0.25, 0.3) is 0 Å². The monoisotopic (exact) mass is 230 g/mol. The molecule has 3 nitrogen and oxygen atoms in total. The average molecular weight is 230 g/mol. The fourth-order valence-corrected chi connectivity index (χ4v) is 1.37. The molecule has 0 bridgehead atoms. The summed E-state index contributed by atoms with van der Waals surface area (Å²) in [7, 11) is 0. The first-order valence-electron chi connectivity index (χ1n) is 5.14. The van der Waals surface area contributed by atoms with Crippen molar-refractivity contribution in [1.82, 2.24) is 0 Å². The van der Waals surface area contributed by atoms with Gasteiger partial charge in [0.15, 0.2) is 0 Å². The summed E-state index contributed by atoms with van der Waals surface area (Å²) in [5.41, 5.74) is 0.747. The van der Waals surface area contributed by atoms with E-state index in [1.54, 1.807) is 42.5 Å². The minimum atomic E-state index is -0.817. The van der Waals surface area contributed by atoms with Gasteiger partial charge in [-0.25, -0.2) is 4.79 Å². The molecule has 2 rings (SSSR count). The lowest BCUT2D eigenvalue weighted by molar-refractivity contribution is 0.245. The van der Waals surface area contributed by atoms with E-state index in [1.807, 2.05) is 6.07 Å². The molecule has 0 aliphatic rings. The number of nitrogens with zero attached hydrogens (tertiary/aromatic N) is 1. The number of amides is 2. The van der Waals surface area contributed by atoms with Gasteiger partial charge in [-0.3, -0.25) is 0 Å². The molecular formula is C13H11FN2O. The van der Waals surface area contributed by atoms with Crippen LogP contribution in [0.5, 0.6) is 0 Å². The van der Waals surface area contributed by atoms with Crippen LogP contribution in [0.15, 0.2) is 60.7 Å². The van der Waals surface area contributed by atoms with E-state index in [0.717, 1.165) is 0 Å². The number of urea groups is 1. The average Bonchev–Trinajstić information content (AvgIpc) is 2.40. The highest BCUT2D eigenvalue weighted by molar-refractivity contribution is 5.99. The van der Waals surface area contributed by atoms with Gasteiger partial charge in [0, 0.05) is 5.69 Å². The summed E-state index contributed by atoms with van der Waals surface area (Å²) in [5, 5.41) is 2.53. The zero-order valence-corrected chi connectivity index (χ0v) is 9.01. The van der Waals surface area contributed by atoms with Gasteiger partial charge in [0.1, 0.15) is 0 Å². The van der Waals surface area contributed by atoms with Crippen molar-refractivity contribution < 1.29 is 9.28 Å². The molecule has 0 atom stereocenters. The van der Waals surface area contributed by atoms with Crippen molar-refractivity contribution in [3.8, 4) is 0 Å². The molecule has 0 heterocycles. The Hall–Kier alpha value is -2.36. The normalized spacial score (nSPS) is 9.71. The molecule has 0 fully saturated rings. The van der Waals surface area contributed by atoms with Gasteiger partial charge in [0.2, 0.25) is 0 Å². The third-order valence-electron chi connectivity index (χ3n) is 2.19. The van der Waals surface area contributed by atoms with Gasteiger partial charge in [-0.2, -0.15) is 0 Å². The number of nitrogens with one attached hydrogen (secondary N) is 1. The number of rotatable bonds is 2. The van der Waals surface area contributed by atoms with Crippen molar-refractivity contribution in [2.24, 2.45) is 0 Å². The van der Waals surface area contributed by atoms with E-state index in [2.05, 4.69) is 5.32 Å². The molecule has 0 radical (unpaired) electrons. The van der Waals surface area contributed by atoms with Crippen LogP contribution in [-0.2, 0) is 0 Å². The Morgan fingerprint density at radius 3 is 2.06 bits per heavy atom. The molecule has 2 aromatic carbocycles. The lowest BCUT2D eigenvalue weighted by Gasteiger charge is -2.12. The number of carbonyl (C=O) groups is 1. The maximum atomic E-state index is 13.6. The minimum Gasteiger partial charge on any atom is -0.306 e. The number of hydrogen-bond acceptors (Lipinski definition) is 1. The van der Waals surface area contributed by atoms with Crippen LogP contribution >= 0.6 is 0 Å². The second kappa shape index (κ2) is 5.12. The molecule has 0 aromatic heterocycles. The van der Waals surface area contributed by atoms with Crippen molar-refractivity contribution in [2.75, 3.05) is 10.4 Å². The summed E-state index contributed by atoms with van der Waals surface area (Å²) in [6, 6.07) is 16.0. The van der Waals surface area contributed by atoms with Gasteiger partial charge < -0.3 is 5.32 Å². The fraction of sp³-hybridized carbons (Fsp3) is 0. The van der Waals surface area contributed by atoms with Gasteiger partial charge in [-0.15, -0.1) is 5.12 Å². The van der Waals surface area contributed by atoms with Crippen LogP contribution in [0.1, 0.15) is 0 Å². The van der Waals surface area contributed by atoms with Crippen LogP contribution in [0.2, 0.25) is 0 Å². The first-order chi connectivity index (χ1) is 8.27. The zero-order chi connectivity index (χ0) is 12.1. The minimum absolute atomic E-state index is 0.0764. The maximum Gasteiger partial charge on any atom is 0.354 e. The summed E-state index contributed by atoms with van der Waals surface area (Å²) < 4.78 is 13.6. The van der Waals surface area contributed by atoms with Gasteiger partial charge >= 0.3 is 6.03 Å². The van der Waals surface area contributed by atoms with E-state index in [-0.39, 0.29) is 10.8 Å². The first-order valence-corrected chi connectivity index (χ1v) is 5.14. The van der Waals surface area contributed by atoms with Crippen molar-refractivity contribution in [1.29, 1.82) is 0 Å². The molecule has 4 heteroatoms. The predicted molar refractivity (Wildman–Crippen MR) is 65.5 cm³/mol. The van der Waals surface area contributed by atoms with Crippen LogP contribution in [0, 0.1) is 0 Å². The molecule has 0 spiro atoms. The molecule has 0 saturated carbocycles. The highest BCUT2D eigenvalue weighted by Gasteiger charge is 2.14. The van der Waals surface area contributed by atoms with Crippen molar-refractivity contribution in [2.45, 2.75) is 0 Å². The van der Waals surface area contributed by atoms with E-state index in [4.69, 9.17) is 0 Å². The number of carbonyl (C=O) groups excluding carboxylic acids is 1. The Morgan fingerprint density at radius 1 is 0.941 bits per heavy atom. The SMILES string of the molecule is O=C(Nc1ccccc1)N(F)c1ccccc1. The Balaban J connectivity index is 2.06. The van der Waals surface area contributed by atoms with E-state index < -0.39 is 6.03 Å². The largest absolute Gasteiger partial charge is 0.354 e. The van der Waals surface area contributed by atoms with Crippen molar-refractivity contribution in [3.05, 3.63) is 60.7 Å². The molecule has 2 amide bonds. The Kier molecular flexibility index (Phi) is 3.35. The smallest absolute Gasteiger partial charge is 0.306 e. The van der Waals surface area contributed by atoms with E-state index >= 15 is 0 Å². The molecule has 0 aliphatic heterocycles. The van der Waals surface area contributed by atoms with Gasteiger partial charge in [-0.1, -0.05) is 40.9 Å². The fourth-order valence-electron chi connectivity index (χ4n) is 1.37. The van der Waals surface area contributed by atoms with E-state index in [1.165, 1.54) is 12.1 Å². The van der Waals surface area contributed by atoms with Crippen molar-refractivity contribution >= 4 is 17.4 Å². The van der Waals surface area contributed by atoms with Crippen LogP contribution < -0.4 is 10.4 Å². The quantitative estimate of drug-likeness (QED) is 0.785. The Labute approximate surface area is 98.4 Å². The second-order valence-corrected chi connectivity index (χ2v) is 3.41. The standard InChI is InChI=1S/C13H11FN2O/c14-16(12-9-5-2-6-10-12)13(17)15-11-7-3-1-4-8-11/h1-10H,(H,15,17). The highest BCUT2D eigenvalue weighted by Crippen LogP contribution is 2.15. The number of halogens is 1. The summed E-state index contributed by atoms with van der Waals surface area (Å²) >= 11 is 0. The maximum absolute atomic E-state index is 13.6. The summed E-state index contributed by atoms with van der Waals surface area (Å²) in [5.74, 6) is 0. The van der Waals surface area contributed by atoms with Crippen LogP contribution in [0.25, 0.3) is 0 Å². The van der Waals surface area contributed by atoms with E-state index in [9.17, 15) is 9.28 Å². The van der Waals surface area contributed by atoms with Crippen LogP contribution in [0.4, 0.5) is 20.7 Å². The molecule has 0 saturated heterocycles. The predicted octanol–water partition coefficient (Wildman–Crippen LogP) is 3.61. The molecule has 0 unspecified atom stereocenters. The van der Waals surface area contributed by atoms with Crippen LogP contribution in [-0.4, -0.2) is 6.03 Å². The topological polar surface area (TPSA) is 32.3 Å². The second-order valence-electron chi connectivity index (χ2n) is 3.41. The number of hydrogen-bond donors (Lipinski definition) is 1. The molecular weight excluding hydrogens is 219 g/mol. The van der Waals surface area contributed by atoms with Gasteiger partial charge in [0.05, 0.1) is 5.69 Å². The molecule has 1 N–H and O–H groups in total. The zero-order valence-electron chi connectivity index (χ0n) is 9.01. The van der Waals surface area contributed by atoms with Crippen LogP contribution in [0.3, 0.4) is 0 Å². The third-order valence-corrected chi connectivity index (χ3v) is 2.19. The number of para-hydroxylation sites is 2. The third kappa shape index (κ3) is 2.81. The Bertz CT molecular complexity index is 487. The number of benzene rings is 2. The summed E-state index contributed by atoms with van der Waals surface area (Å²) in [6.07, 6.45) is 0. The molecule has 0 aliphatic carbocycles. The summed E-state index contributed by atoms with van der Waals surface area (Å²) in [4.78, 5) is 11.6. The molecule has 86 valence electrons. The van der Waals surface area contributed by atoms with Gasteiger partial charge in [-0.05, 0) is 24.3 Å². The molecule has 2 aromatic rings. The van der Waals surface area contributed by atoms with Crippen molar-refractivity contribution in [3.63, 3.8) is 0 Å². The molecule has 17 heavy (non-hydrogen) atoms. The number of anilines is 2.